The second-order valence-electron chi connectivity index (χ2n) is 3.15. The summed E-state index contributed by atoms with van der Waals surface area (Å²) in [6.45, 7) is 0. The van der Waals surface area contributed by atoms with E-state index in [1.807, 2.05) is 24.0 Å². The van der Waals surface area contributed by atoms with E-state index in [4.69, 9.17) is 0 Å². The number of aryl methyl sites for hydroxylation is 1. The lowest BCUT2D eigenvalue weighted by atomic mass is 10.2. The smallest absolute Gasteiger partial charge is 0.169 e. The van der Waals surface area contributed by atoms with E-state index < -0.39 is 0 Å². The first-order chi connectivity index (χ1) is 6.84. The number of hydrogen-bond donors (Lipinski definition) is 0. The molecule has 0 atom stereocenters. The molecule has 2 aromatic heterocycles. The highest BCUT2D eigenvalue weighted by Crippen LogP contribution is 2.12. The maximum atomic E-state index is 2.14. The van der Waals surface area contributed by atoms with Crippen LogP contribution in [0.25, 0.3) is 12.2 Å². The SMILES string of the molecule is C[n+]1ccc(/C=C/c2cccs2)cc1. The highest BCUT2D eigenvalue weighted by molar-refractivity contribution is 7.10. The molecule has 14 heavy (non-hydrogen) atoms. The van der Waals surface area contributed by atoms with Crippen LogP contribution in [0.3, 0.4) is 0 Å². The van der Waals surface area contributed by atoms with Gasteiger partial charge in [-0.2, -0.15) is 0 Å². The Morgan fingerprint density at radius 3 is 2.57 bits per heavy atom. The number of thiophene rings is 1. The van der Waals surface area contributed by atoms with E-state index >= 15 is 0 Å². The fourth-order valence-corrected chi connectivity index (χ4v) is 1.81. The van der Waals surface area contributed by atoms with E-state index in [1.54, 1.807) is 11.3 Å². The molecular formula is C12H12NS+. The summed E-state index contributed by atoms with van der Waals surface area (Å²) in [6, 6.07) is 8.38. The van der Waals surface area contributed by atoms with Crippen molar-refractivity contribution in [2.24, 2.45) is 7.05 Å². The van der Waals surface area contributed by atoms with Crippen molar-refractivity contribution >= 4 is 23.5 Å². The van der Waals surface area contributed by atoms with Crippen LogP contribution in [-0.4, -0.2) is 0 Å². The van der Waals surface area contributed by atoms with Crippen molar-refractivity contribution in [3.05, 3.63) is 52.5 Å². The van der Waals surface area contributed by atoms with Crippen molar-refractivity contribution in [3.63, 3.8) is 0 Å². The minimum Gasteiger partial charge on any atom is -0.208 e. The molecule has 70 valence electrons. The molecule has 0 saturated heterocycles. The fourth-order valence-electron chi connectivity index (χ4n) is 1.19. The average Bonchev–Trinajstić information content (AvgIpc) is 2.70. The standard InChI is InChI=1S/C12H12NS/c1-13-8-6-11(7-9-13)4-5-12-3-2-10-14-12/h2-10H,1H3/q+1/b5-4+. The van der Waals surface area contributed by atoms with E-state index in [2.05, 4.69) is 41.8 Å². The molecule has 0 aliphatic heterocycles. The summed E-state index contributed by atoms with van der Waals surface area (Å²) in [4.78, 5) is 1.29. The minimum atomic E-state index is 1.23. The van der Waals surface area contributed by atoms with E-state index in [-0.39, 0.29) is 0 Å². The summed E-state index contributed by atoms with van der Waals surface area (Å²) in [5, 5.41) is 2.09. The van der Waals surface area contributed by atoms with Gasteiger partial charge in [-0.05, 0) is 23.1 Å². The van der Waals surface area contributed by atoms with Crippen molar-refractivity contribution in [1.82, 2.24) is 0 Å². The molecule has 0 radical (unpaired) electrons. The van der Waals surface area contributed by atoms with Gasteiger partial charge in [0.2, 0.25) is 0 Å². The molecule has 0 unspecified atom stereocenters. The third-order valence-electron chi connectivity index (χ3n) is 1.99. The molecule has 0 aliphatic rings. The normalized spacial score (nSPS) is 10.9. The Bertz CT molecular complexity index is 412. The molecule has 1 nitrogen and oxygen atoms in total. The molecule has 0 amide bonds. The third-order valence-corrected chi connectivity index (χ3v) is 2.83. The van der Waals surface area contributed by atoms with Gasteiger partial charge in [-0.25, -0.2) is 4.57 Å². The molecule has 2 heterocycles. The van der Waals surface area contributed by atoms with E-state index in [1.165, 1.54) is 10.4 Å². The zero-order chi connectivity index (χ0) is 9.80. The number of nitrogens with zero attached hydrogens (tertiary/aromatic N) is 1. The minimum absolute atomic E-state index is 1.23. The van der Waals surface area contributed by atoms with Gasteiger partial charge in [-0.15, -0.1) is 11.3 Å². The van der Waals surface area contributed by atoms with Gasteiger partial charge in [0.1, 0.15) is 7.05 Å². The maximum Gasteiger partial charge on any atom is 0.169 e. The van der Waals surface area contributed by atoms with E-state index in [0.717, 1.165) is 0 Å². The molecule has 0 bridgehead atoms. The van der Waals surface area contributed by atoms with Crippen LogP contribution in [0.15, 0.2) is 42.0 Å². The van der Waals surface area contributed by atoms with E-state index in [0.29, 0.717) is 0 Å². The molecule has 0 N–H and O–H groups in total. The molecule has 0 fully saturated rings. The Kier molecular flexibility index (Phi) is 2.75. The van der Waals surface area contributed by atoms with Crippen molar-refractivity contribution < 1.29 is 4.57 Å². The summed E-state index contributed by atoms with van der Waals surface area (Å²) >= 11 is 1.75. The van der Waals surface area contributed by atoms with Gasteiger partial charge in [0, 0.05) is 17.0 Å². The summed E-state index contributed by atoms with van der Waals surface area (Å²) in [5.41, 5.74) is 1.23. The van der Waals surface area contributed by atoms with Gasteiger partial charge in [0.05, 0.1) is 0 Å². The predicted octanol–water partition coefficient (Wildman–Crippen LogP) is 2.74. The van der Waals surface area contributed by atoms with Crippen LogP contribution >= 0.6 is 11.3 Å². The summed E-state index contributed by atoms with van der Waals surface area (Å²) in [5.74, 6) is 0. The second-order valence-corrected chi connectivity index (χ2v) is 4.12. The first kappa shape index (κ1) is 9.16. The van der Waals surface area contributed by atoms with Crippen LogP contribution in [0.2, 0.25) is 0 Å². The van der Waals surface area contributed by atoms with Gasteiger partial charge in [0.25, 0.3) is 0 Å². The summed E-state index contributed by atoms with van der Waals surface area (Å²) in [6.07, 6.45) is 8.37. The quantitative estimate of drug-likeness (QED) is 0.659. The Balaban J connectivity index is 2.15. The Labute approximate surface area is 88.0 Å². The van der Waals surface area contributed by atoms with Crippen LogP contribution in [0, 0.1) is 0 Å². The van der Waals surface area contributed by atoms with Crippen LogP contribution in [0.5, 0.6) is 0 Å². The predicted molar refractivity (Wildman–Crippen MR) is 60.9 cm³/mol. The van der Waals surface area contributed by atoms with Crippen molar-refractivity contribution in [1.29, 1.82) is 0 Å². The topological polar surface area (TPSA) is 3.88 Å². The van der Waals surface area contributed by atoms with Crippen molar-refractivity contribution in [2.45, 2.75) is 0 Å². The maximum absolute atomic E-state index is 2.14. The molecule has 0 aromatic carbocycles. The fraction of sp³-hybridized carbons (Fsp3) is 0.0833. The van der Waals surface area contributed by atoms with Gasteiger partial charge >= 0.3 is 0 Å². The zero-order valence-electron chi connectivity index (χ0n) is 8.05. The number of hydrogen-bond acceptors (Lipinski definition) is 1. The zero-order valence-corrected chi connectivity index (χ0v) is 8.87. The molecule has 2 aromatic rings. The Morgan fingerprint density at radius 1 is 1.14 bits per heavy atom. The molecular weight excluding hydrogens is 190 g/mol. The van der Waals surface area contributed by atoms with Gasteiger partial charge in [0.15, 0.2) is 12.4 Å². The third kappa shape index (κ3) is 2.30. The molecule has 2 rings (SSSR count). The Hall–Kier alpha value is -1.41. The van der Waals surface area contributed by atoms with Crippen molar-refractivity contribution in [2.75, 3.05) is 0 Å². The van der Waals surface area contributed by atoms with Crippen LogP contribution < -0.4 is 4.57 Å². The van der Waals surface area contributed by atoms with Gasteiger partial charge in [-0.1, -0.05) is 12.1 Å². The Morgan fingerprint density at radius 2 is 1.93 bits per heavy atom. The van der Waals surface area contributed by atoms with Crippen molar-refractivity contribution in [3.8, 4) is 0 Å². The lowest BCUT2D eigenvalue weighted by Crippen LogP contribution is -2.25. The highest BCUT2D eigenvalue weighted by Gasteiger charge is 1.91. The first-order valence-electron chi connectivity index (χ1n) is 4.51. The number of rotatable bonds is 2. The van der Waals surface area contributed by atoms with Crippen LogP contribution in [0.1, 0.15) is 10.4 Å². The number of pyridine rings is 1. The van der Waals surface area contributed by atoms with Crippen LogP contribution in [0.4, 0.5) is 0 Å². The highest BCUT2D eigenvalue weighted by atomic mass is 32.1. The summed E-state index contributed by atoms with van der Waals surface area (Å²) < 4.78 is 2.03. The summed E-state index contributed by atoms with van der Waals surface area (Å²) in [7, 11) is 2.02. The van der Waals surface area contributed by atoms with Crippen LogP contribution in [-0.2, 0) is 7.05 Å². The molecule has 0 aliphatic carbocycles. The monoisotopic (exact) mass is 202 g/mol. The lowest BCUT2D eigenvalue weighted by Gasteiger charge is -1.89. The molecule has 0 spiro atoms. The molecule has 2 heteroatoms. The largest absolute Gasteiger partial charge is 0.208 e. The second kappa shape index (κ2) is 4.20. The first-order valence-corrected chi connectivity index (χ1v) is 5.39. The lowest BCUT2D eigenvalue weighted by molar-refractivity contribution is -0.671. The number of aromatic nitrogens is 1. The average molecular weight is 202 g/mol. The molecule has 0 saturated carbocycles. The van der Waals surface area contributed by atoms with Gasteiger partial charge < -0.3 is 0 Å². The van der Waals surface area contributed by atoms with E-state index in [9.17, 15) is 0 Å². The van der Waals surface area contributed by atoms with Gasteiger partial charge in [-0.3, -0.25) is 0 Å².